The number of rotatable bonds is 2. The number of fused-ring (bicyclic) bond motifs is 1. The van der Waals surface area contributed by atoms with E-state index in [1.54, 1.807) is 36.8 Å². The van der Waals surface area contributed by atoms with Crippen molar-refractivity contribution < 1.29 is 14.0 Å². The maximum Gasteiger partial charge on any atom is 0.290 e. The molecule has 6 nitrogen and oxygen atoms in total. The molecule has 1 aliphatic rings. The summed E-state index contributed by atoms with van der Waals surface area (Å²) in [6.07, 6.45) is 0. The first-order valence-corrected chi connectivity index (χ1v) is 11.1. The summed E-state index contributed by atoms with van der Waals surface area (Å²) in [6.45, 7) is 10.8. The topological polar surface area (TPSA) is 66.7 Å². The summed E-state index contributed by atoms with van der Waals surface area (Å²) in [7, 11) is 1.75. The highest BCUT2D eigenvalue weighted by atomic mass is 35.5. The van der Waals surface area contributed by atoms with Crippen LogP contribution in [0.15, 0.2) is 40.8 Å². The van der Waals surface area contributed by atoms with E-state index in [2.05, 4.69) is 20.8 Å². The van der Waals surface area contributed by atoms with Crippen molar-refractivity contribution in [3.05, 3.63) is 52.7 Å². The zero-order chi connectivity index (χ0) is 23.4. The van der Waals surface area contributed by atoms with Gasteiger partial charge in [-0.15, -0.1) is 0 Å². The fourth-order valence-corrected chi connectivity index (χ4v) is 4.28. The number of halogens is 1. The smallest absolute Gasteiger partial charge is 0.290 e. The molecule has 0 saturated carbocycles. The van der Waals surface area contributed by atoms with E-state index in [9.17, 15) is 9.59 Å². The molecule has 32 heavy (non-hydrogen) atoms. The maximum atomic E-state index is 13.4. The number of furan rings is 1. The lowest BCUT2D eigenvalue weighted by Gasteiger charge is -2.44. The van der Waals surface area contributed by atoms with Crippen LogP contribution in [0.25, 0.3) is 22.4 Å². The van der Waals surface area contributed by atoms with E-state index >= 15 is 0 Å². The molecule has 0 radical (unpaired) electrons. The number of piperazine rings is 1. The Balaban J connectivity index is 1.82. The Hall–Kier alpha value is -2.86. The normalized spacial score (nSPS) is 16.7. The number of nitrogens with zero attached hydrogens (tertiary/aromatic N) is 3. The van der Waals surface area contributed by atoms with Crippen molar-refractivity contribution in [3.63, 3.8) is 0 Å². The second kappa shape index (κ2) is 7.62. The van der Waals surface area contributed by atoms with Crippen LogP contribution < -0.4 is 0 Å². The van der Waals surface area contributed by atoms with Gasteiger partial charge >= 0.3 is 0 Å². The molecule has 1 aromatic carbocycles. The monoisotopic (exact) mass is 453 g/mol. The quantitative estimate of drug-likeness (QED) is 0.539. The van der Waals surface area contributed by atoms with Crippen LogP contribution in [0.4, 0.5) is 0 Å². The molecule has 7 heteroatoms. The number of hydrogen-bond donors (Lipinski definition) is 0. The Kier molecular flexibility index (Phi) is 5.32. The average molecular weight is 454 g/mol. The Labute approximate surface area is 193 Å². The largest absolute Gasteiger partial charge is 0.449 e. The summed E-state index contributed by atoms with van der Waals surface area (Å²) in [5.74, 6) is -0.203. The fraction of sp³-hybridized carbons (Fsp3) is 0.400. The number of benzene rings is 1. The van der Waals surface area contributed by atoms with Gasteiger partial charge in [-0.25, -0.2) is 4.98 Å². The molecule has 1 aliphatic heterocycles. The van der Waals surface area contributed by atoms with Crippen LogP contribution in [0, 0.1) is 0 Å². The predicted molar refractivity (Wildman–Crippen MR) is 126 cm³/mol. The van der Waals surface area contributed by atoms with Gasteiger partial charge in [0.15, 0.2) is 11.3 Å². The van der Waals surface area contributed by atoms with Gasteiger partial charge in [0, 0.05) is 42.4 Å². The van der Waals surface area contributed by atoms with E-state index in [0.29, 0.717) is 29.2 Å². The Morgan fingerprint density at radius 1 is 1.12 bits per heavy atom. The van der Waals surface area contributed by atoms with E-state index < -0.39 is 5.54 Å². The second-order valence-corrected chi connectivity index (χ2v) is 10.3. The molecule has 1 saturated heterocycles. The number of carbonyl (C=O) groups is 2. The Morgan fingerprint density at radius 2 is 1.78 bits per heavy atom. The first-order chi connectivity index (χ1) is 14.9. The number of aromatic nitrogens is 1. The van der Waals surface area contributed by atoms with E-state index in [0.717, 1.165) is 16.8 Å². The van der Waals surface area contributed by atoms with Gasteiger partial charge in [0.1, 0.15) is 11.1 Å². The lowest BCUT2D eigenvalue weighted by molar-refractivity contribution is -0.144. The molecular formula is C25H28ClN3O3. The van der Waals surface area contributed by atoms with E-state index in [-0.39, 0.29) is 23.0 Å². The van der Waals surface area contributed by atoms with Crippen LogP contribution in [-0.4, -0.2) is 52.3 Å². The Bertz CT molecular complexity index is 1210. The average Bonchev–Trinajstić information content (AvgIpc) is 3.15. The van der Waals surface area contributed by atoms with Crippen LogP contribution in [0.3, 0.4) is 0 Å². The fourth-order valence-electron chi connectivity index (χ4n) is 4.15. The third kappa shape index (κ3) is 3.77. The first-order valence-electron chi connectivity index (χ1n) is 10.7. The molecule has 0 atom stereocenters. The predicted octanol–water partition coefficient (Wildman–Crippen LogP) is 5.14. The number of amides is 2. The number of pyridine rings is 1. The highest BCUT2D eigenvalue weighted by molar-refractivity contribution is 6.30. The Morgan fingerprint density at radius 3 is 2.41 bits per heavy atom. The molecule has 0 N–H and O–H groups in total. The van der Waals surface area contributed by atoms with Crippen molar-refractivity contribution in [2.24, 2.45) is 0 Å². The van der Waals surface area contributed by atoms with Crippen molar-refractivity contribution >= 4 is 34.5 Å². The molecule has 1 fully saturated rings. The molecule has 168 valence electrons. The highest BCUT2D eigenvalue weighted by Gasteiger charge is 2.44. The van der Waals surface area contributed by atoms with E-state index in [1.165, 1.54) is 0 Å². The summed E-state index contributed by atoms with van der Waals surface area (Å²) in [5.41, 5.74) is 2.71. The third-order valence-corrected chi connectivity index (χ3v) is 6.34. The van der Waals surface area contributed by atoms with Crippen molar-refractivity contribution in [1.82, 2.24) is 14.8 Å². The van der Waals surface area contributed by atoms with Gasteiger partial charge < -0.3 is 14.2 Å². The van der Waals surface area contributed by atoms with Gasteiger partial charge in [-0.2, -0.15) is 0 Å². The summed E-state index contributed by atoms with van der Waals surface area (Å²) in [4.78, 5) is 34.1. The molecule has 0 bridgehead atoms. The molecule has 0 aliphatic carbocycles. The minimum Gasteiger partial charge on any atom is -0.449 e. The summed E-state index contributed by atoms with van der Waals surface area (Å²) < 4.78 is 6.11. The molecule has 0 spiro atoms. The SMILES string of the molecule is CN1CCN(C(=O)c2cc3nc(-c4ccc(Cl)cc4)cc(C(C)(C)C)c3o2)C(C)(C)C1=O. The lowest BCUT2D eigenvalue weighted by atomic mass is 9.86. The van der Waals surface area contributed by atoms with Crippen LogP contribution in [0.5, 0.6) is 0 Å². The van der Waals surface area contributed by atoms with Gasteiger partial charge in [0.25, 0.3) is 5.91 Å². The van der Waals surface area contributed by atoms with Crippen molar-refractivity contribution in [3.8, 4) is 11.3 Å². The minimum absolute atomic E-state index is 0.0910. The van der Waals surface area contributed by atoms with Crippen LogP contribution >= 0.6 is 11.6 Å². The van der Waals surface area contributed by atoms with Crippen LogP contribution in [0.2, 0.25) is 5.02 Å². The van der Waals surface area contributed by atoms with Crippen molar-refractivity contribution in [1.29, 1.82) is 0 Å². The first kappa shape index (κ1) is 22.3. The number of hydrogen-bond acceptors (Lipinski definition) is 4. The number of carbonyl (C=O) groups excluding carboxylic acids is 2. The van der Waals surface area contributed by atoms with Gasteiger partial charge in [0.05, 0.1) is 5.69 Å². The van der Waals surface area contributed by atoms with Crippen molar-refractivity contribution in [2.45, 2.75) is 45.6 Å². The molecule has 2 aromatic heterocycles. The van der Waals surface area contributed by atoms with Gasteiger partial charge in [0.2, 0.25) is 5.91 Å². The van der Waals surface area contributed by atoms with E-state index in [4.69, 9.17) is 21.0 Å². The summed E-state index contributed by atoms with van der Waals surface area (Å²) in [6, 6.07) is 11.2. The molecule has 2 amide bonds. The van der Waals surface area contributed by atoms with Gasteiger partial charge in [-0.3, -0.25) is 9.59 Å². The van der Waals surface area contributed by atoms with Gasteiger partial charge in [-0.05, 0) is 37.5 Å². The maximum absolute atomic E-state index is 13.4. The molecule has 3 aromatic rings. The van der Waals surface area contributed by atoms with Crippen molar-refractivity contribution in [2.75, 3.05) is 20.1 Å². The minimum atomic E-state index is -0.947. The lowest BCUT2D eigenvalue weighted by Crippen LogP contribution is -2.63. The highest BCUT2D eigenvalue weighted by Crippen LogP contribution is 2.35. The molecule has 0 unspecified atom stereocenters. The summed E-state index contributed by atoms with van der Waals surface area (Å²) in [5, 5.41) is 0.659. The second-order valence-electron chi connectivity index (χ2n) is 9.88. The molecule has 3 heterocycles. The van der Waals surface area contributed by atoms with Crippen LogP contribution in [0.1, 0.15) is 50.7 Å². The van der Waals surface area contributed by atoms with Gasteiger partial charge in [-0.1, -0.05) is 44.5 Å². The zero-order valence-corrected chi connectivity index (χ0v) is 20.1. The van der Waals surface area contributed by atoms with Crippen LogP contribution in [-0.2, 0) is 10.2 Å². The molecular weight excluding hydrogens is 426 g/mol. The number of likely N-dealkylation sites (N-methyl/N-ethyl adjacent to an activating group) is 1. The summed E-state index contributed by atoms with van der Waals surface area (Å²) >= 11 is 6.05. The standard InChI is InChI=1S/C25H28ClN3O3/c1-24(2,3)17-13-18(15-7-9-16(26)10-8-15)27-19-14-20(32-21(17)19)22(30)29-12-11-28(6)23(31)25(29,4)5/h7-10,13-14H,11-12H2,1-6H3. The van der Waals surface area contributed by atoms with E-state index in [1.807, 2.05) is 30.3 Å². The molecule has 4 rings (SSSR count). The zero-order valence-electron chi connectivity index (χ0n) is 19.3. The third-order valence-electron chi connectivity index (χ3n) is 6.09.